The van der Waals surface area contributed by atoms with Crippen molar-refractivity contribution < 1.29 is 18.3 Å². The molecule has 2 aromatic heterocycles. The highest BCUT2D eigenvalue weighted by Crippen LogP contribution is 2.39. The van der Waals surface area contributed by atoms with Crippen molar-refractivity contribution in [2.75, 3.05) is 0 Å². The third-order valence-electron chi connectivity index (χ3n) is 4.08. The van der Waals surface area contributed by atoms with Gasteiger partial charge < -0.3 is 9.52 Å². The summed E-state index contributed by atoms with van der Waals surface area (Å²) in [6, 6.07) is 11.8. The van der Waals surface area contributed by atoms with Crippen LogP contribution < -0.4 is 0 Å². The molecule has 124 valence electrons. The SMILES string of the molecule is OC(c1cncnc1)(c1cc2ccccc2o1)c1ccc(F)cc1F. The first kappa shape index (κ1) is 15.4. The van der Waals surface area contributed by atoms with Gasteiger partial charge in [-0.05, 0) is 24.3 Å². The van der Waals surface area contributed by atoms with Gasteiger partial charge in [0, 0.05) is 35.0 Å². The summed E-state index contributed by atoms with van der Waals surface area (Å²) in [6.45, 7) is 0. The van der Waals surface area contributed by atoms with Gasteiger partial charge in [-0.2, -0.15) is 0 Å². The first-order valence-corrected chi connectivity index (χ1v) is 7.51. The van der Waals surface area contributed by atoms with Crippen LogP contribution in [0.2, 0.25) is 0 Å². The van der Waals surface area contributed by atoms with E-state index in [1.54, 1.807) is 18.2 Å². The Labute approximate surface area is 141 Å². The molecule has 25 heavy (non-hydrogen) atoms. The molecule has 0 amide bonds. The lowest BCUT2D eigenvalue weighted by Crippen LogP contribution is -2.30. The Balaban J connectivity index is 2.02. The summed E-state index contributed by atoms with van der Waals surface area (Å²) in [7, 11) is 0. The first-order valence-electron chi connectivity index (χ1n) is 7.51. The van der Waals surface area contributed by atoms with Crippen LogP contribution in [0.1, 0.15) is 16.9 Å². The molecule has 0 aliphatic heterocycles. The number of benzene rings is 2. The van der Waals surface area contributed by atoms with E-state index in [1.807, 2.05) is 12.1 Å². The Morgan fingerprint density at radius 1 is 0.960 bits per heavy atom. The van der Waals surface area contributed by atoms with Gasteiger partial charge in [0.25, 0.3) is 0 Å². The van der Waals surface area contributed by atoms with Crippen molar-refractivity contribution in [1.82, 2.24) is 9.97 Å². The number of aromatic nitrogens is 2. The number of rotatable bonds is 3. The predicted octanol–water partition coefficient (Wildman–Crippen LogP) is 3.79. The van der Waals surface area contributed by atoms with Crippen LogP contribution >= 0.6 is 0 Å². The van der Waals surface area contributed by atoms with Gasteiger partial charge in [-0.25, -0.2) is 18.7 Å². The fraction of sp³-hybridized carbons (Fsp3) is 0.0526. The minimum atomic E-state index is -2.00. The van der Waals surface area contributed by atoms with Crippen LogP contribution in [0.5, 0.6) is 0 Å². The lowest BCUT2D eigenvalue weighted by molar-refractivity contribution is 0.0961. The molecule has 1 unspecified atom stereocenters. The molecule has 4 rings (SSSR count). The summed E-state index contributed by atoms with van der Waals surface area (Å²) in [5.74, 6) is -1.54. The smallest absolute Gasteiger partial charge is 0.178 e. The topological polar surface area (TPSA) is 59.2 Å². The van der Waals surface area contributed by atoms with E-state index in [0.717, 1.165) is 11.5 Å². The minimum absolute atomic E-state index is 0.0917. The number of hydrogen-bond acceptors (Lipinski definition) is 4. The second kappa shape index (κ2) is 5.75. The first-order chi connectivity index (χ1) is 12.1. The van der Waals surface area contributed by atoms with Gasteiger partial charge in [0.05, 0.1) is 0 Å². The zero-order valence-electron chi connectivity index (χ0n) is 12.9. The molecule has 1 atom stereocenters. The molecule has 0 bridgehead atoms. The van der Waals surface area contributed by atoms with E-state index in [9.17, 15) is 13.9 Å². The Hall–Kier alpha value is -3.12. The van der Waals surface area contributed by atoms with Crippen LogP contribution in [0.25, 0.3) is 11.0 Å². The van der Waals surface area contributed by atoms with Gasteiger partial charge in [0.1, 0.15) is 29.3 Å². The van der Waals surface area contributed by atoms with Crippen molar-refractivity contribution >= 4 is 11.0 Å². The zero-order chi connectivity index (χ0) is 17.4. The summed E-state index contributed by atoms with van der Waals surface area (Å²) < 4.78 is 33.6. The highest BCUT2D eigenvalue weighted by Gasteiger charge is 2.40. The summed E-state index contributed by atoms with van der Waals surface area (Å²) in [6.07, 6.45) is 4.02. The number of para-hydroxylation sites is 1. The summed E-state index contributed by atoms with van der Waals surface area (Å²) in [5, 5.41) is 12.2. The molecule has 4 nitrogen and oxygen atoms in total. The summed E-state index contributed by atoms with van der Waals surface area (Å²) >= 11 is 0. The third-order valence-corrected chi connectivity index (χ3v) is 4.08. The molecule has 2 aromatic carbocycles. The van der Waals surface area contributed by atoms with Crippen molar-refractivity contribution in [2.24, 2.45) is 0 Å². The van der Waals surface area contributed by atoms with Gasteiger partial charge in [-0.1, -0.05) is 18.2 Å². The molecular formula is C19H12F2N2O2. The van der Waals surface area contributed by atoms with Gasteiger partial charge in [-0.3, -0.25) is 0 Å². The van der Waals surface area contributed by atoms with Crippen molar-refractivity contribution in [3.63, 3.8) is 0 Å². The van der Waals surface area contributed by atoms with Gasteiger partial charge in [-0.15, -0.1) is 0 Å². The molecule has 0 saturated heterocycles. The fourth-order valence-corrected chi connectivity index (χ4v) is 2.86. The number of halogens is 2. The molecule has 2 heterocycles. The van der Waals surface area contributed by atoms with Crippen LogP contribution in [0.3, 0.4) is 0 Å². The predicted molar refractivity (Wildman–Crippen MR) is 86.7 cm³/mol. The molecule has 0 aliphatic rings. The van der Waals surface area contributed by atoms with Crippen molar-refractivity contribution in [1.29, 1.82) is 0 Å². The lowest BCUT2D eigenvalue weighted by atomic mass is 9.85. The van der Waals surface area contributed by atoms with E-state index in [0.29, 0.717) is 11.6 Å². The second-order valence-electron chi connectivity index (χ2n) is 5.61. The maximum atomic E-state index is 14.5. The van der Waals surface area contributed by atoms with Crippen LogP contribution in [-0.4, -0.2) is 15.1 Å². The average molecular weight is 338 g/mol. The molecule has 6 heteroatoms. The second-order valence-corrected chi connectivity index (χ2v) is 5.61. The lowest BCUT2D eigenvalue weighted by Gasteiger charge is -2.26. The van der Waals surface area contributed by atoms with Gasteiger partial charge in [0.2, 0.25) is 0 Å². The highest BCUT2D eigenvalue weighted by atomic mass is 19.1. The summed E-state index contributed by atoms with van der Waals surface area (Å²) in [4.78, 5) is 7.79. The molecule has 4 aromatic rings. The normalized spacial score (nSPS) is 13.7. The third kappa shape index (κ3) is 2.47. The largest absolute Gasteiger partial charge is 0.457 e. The number of fused-ring (bicyclic) bond motifs is 1. The Bertz CT molecular complexity index is 1020. The molecule has 0 saturated carbocycles. The van der Waals surface area contributed by atoms with E-state index in [1.165, 1.54) is 24.8 Å². The molecular weight excluding hydrogens is 326 g/mol. The van der Waals surface area contributed by atoms with Crippen molar-refractivity contribution in [3.8, 4) is 0 Å². The average Bonchev–Trinajstić information content (AvgIpc) is 3.06. The quantitative estimate of drug-likeness (QED) is 0.617. The standard InChI is InChI=1S/C19H12F2N2O2/c20-14-5-6-15(16(21)8-14)19(24,13-9-22-11-23-10-13)18-7-12-3-1-2-4-17(12)25-18/h1-11,24H. The molecule has 0 fully saturated rings. The van der Waals surface area contributed by atoms with E-state index in [-0.39, 0.29) is 16.9 Å². The van der Waals surface area contributed by atoms with E-state index < -0.39 is 17.2 Å². The number of aliphatic hydroxyl groups is 1. The van der Waals surface area contributed by atoms with Crippen LogP contribution in [0, 0.1) is 11.6 Å². The number of furan rings is 1. The van der Waals surface area contributed by atoms with E-state index in [4.69, 9.17) is 4.42 Å². The summed E-state index contributed by atoms with van der Waals surface area (Å²) in [5.41, 5.74) is -1.41. The highest BCUT2D eigenvalue weighted by molar-refractivity contribution is 5.78. The fourth-order valence-electron chi connectivity index (χ4n) is 2.86. The minimum Gasteiger partial charge on any atom is -0.457 e. The van der Waals surface area contributed by atoms with E-state index >= 15 is 0 Å². The van der Waals surface area contributed by atoms with Crippen LogP contribution in [0.15, 0.2) is 71.7 Å². The van der Waals surface area contributed by atoms with Gasteiger partial charge in [0.15, 0.2) is 5.60 Å². The van der Waals surface area contributed by atoms with E-state index in [2.05, 4.69) is 9.97 Å². The Morgan fingerprint density at radius 3 is 2.44 bits per heavy atom. The van der Waals surface area contributed by atoms with Gasteiger partial charge >= 0.3 is 0 Å². The van der Waals surface area contributed by atoms with Crippen molar-refractivity contribution in [3.05, 3.63) is 95.8 Å². The monoisotopic (exact) mass is 338 g/mol. The molecule has 0 spiro atoms. The van der Waals surface area contributed by atoms with Crippen LogP contribution in [0.4, 0.5) is 8.78 Å². The number of hydrogen-bond donors (Lipinski definition) is 1. The zero-order valence-corrected chi connectivity index (χ0v) is 12.9. The Morgan fingerprint density at radius 2 is 1.72 bits per heavy atom. The maximum absolute atomic E-state index is 14.5. The van der Waals surface area contributed by atoms with Crippen LogP contribution in [-0.2, 0) is 5.60 Å². The Kier molecular flexibility index (Phi) is 3.54. The number of nitrogens with zero attached hydrogens (tertiary/aromatic N) is 2. The van der Waals surface area contributed by atoms with Crippen molar-refractivity contribution in [2.45, 2.75) is 5.60 Å². The molecule has 1 N–H and O–H groups in total. The molecule has 0 radical (unpaired) electrons. The maximum Gasteiger partial charge on any atom is 0.178 e. The molecule has 0 aliphatic carbocycles.